The maximum absolute atomic E-state index is 12.1. The van der Waals surface area contributed by atoms with E-state index in [4.69, 9.17) is 9.47 Å². The van der Waals surface area contributed by atoms with Crippen LogP contribution >= 0.6 is 0 Å². The Morgan fingerprint density at radius 1 is 1.29 bits per heavy atom. The van der Waals surface area contributed by atoms with Gasteiger partial charge in [-0.2, -0.15) is 0 Å². The van der Waals surface area contributed by atoms with E-state index < -0.39 is 17.0 Å². The smallest absolute Gasteiger partial charge is 0.316 e. The molecule has 1 aromatic carbocycles. The van der Waals surface area contributed by atoms with Crippen molar-refractivity contribution in [3.63, 3.8) is 0 Å². The predicted octanol–water partition coefficient (Wildman–Crippen LogP) is 3.63. The predicted molar refractivity (Wildman–Crippen MR) is 80.7 cm³/mol. The Balaban J connectivity index is 2.50. The molecule has 0 bridgehead atoms. The number of hydrogen-bond donors (Lipinski definition) is 0. The van der Waals surface area contributed by atoms with Gasteiger partial charge in [0.2, 0.25) is 0 Å². The lowest BCUT2D eigenvalue weighted by atomic mass is 9.96. The number of rotatable bonds is 2. The van der Waals surface area contributed by atoms with Crippen LogP contribution in [-0.2, 0) is 4.79 Å². The van der Waals surface area contributed by atoms with E-state index >= 15 is 0 Å². The van der Waals surface area contributed by atoms with Crippen molar-refractivity contribution >= 4 is 18.3 Å². The topological polar surface area (TPSA) is 52.6 Å². The van der Waals surface area contributed by atoms with E-state index in [1.807, 2.05) is 26.0 Å². The molecule has 2 rings (SSSR count). The monoisotopic (exact) mass is 288 g/mol. The fraction of sp³-hybridized carbons (Fsp3) is 0.412. The van der Waals surface area contributed by atoms with Gasteiger partial charge < -0.3 is 9.47 Å². The first kappa shape index (κ1) is 15.3. The average Bonchev–Trinajstić information content (AvgIpc) is 2.36. The van der Waals surface area contributed by atoms with Crippen molar-refractivity contribution in [2.24, 2.45) is 5.41 Å². The molecule has 1 heterocycles. The van der Waals surface area contributed by atoms with Crippen LogP contribution in [0.25, 0.3) is 6.08 Å². The summed E-state index contributed by atoms with van der Waals surface area (Å²) < 4.78 is 11.3. The van der Waals surface area contributed by atoms with E-state index in [1.54, 1.807) is 32.9 Å². The Morgan fingerprint density at radius 3 is 2.52 bits per heavy atom. The van der Waals surface area contributed by atoms with Crippen LogP contribution in [0.5, 0.6) is 11.5 Å². The molecule has 4 heteroatoms. The molecule has 0 atom stereocenters. The summed E-state index contributed by atoms with van der Waals surface area (Å²) in [5.74, 6) is 0.469. The molecule has 112 valence electrons. The molecule has 4 nitrogen and oxygen atoms in total. The van der Waals surface area contributed by atoms with Crippen LogP contribution in [-0.4, -0.2) is 17.9 Å². The van der Waals surface area contributed by atoms with Crippen LogP contribution in [0, 0.1) is 5.41 Å². The number of esters is 1. The van der Waals surface area contributed by atoms with Gasteiger partial charge in [0, 0.05) is 0 Å². The van der Waals surface area contributed by atoms with Gasteiger partial charge in [0.05, 0.1) is 16.5 Å². The second kappa shape index (κ2) is 5.02. The minimum Gasteiger partial charge on any atom is -0.483 e. The molecular weight excluding hydrogens is 268 g/mol. The van der Waals surface area contributed by atoms with E-state index in [9.17, 15) is 9.59 Å². The fourth-order valence-corrected chi connectivity index (χ4v) is 1.90. The van der Waals surface area contributed by atoms with Gasteiger partial charge in [0.25, 0.3) is 0 Å². The zero-order valence-corrected chi connectivity index (χ0v) is 13.0. The molecule has 1 aliphatic heterocycles. The lowest BCUT2D eigenvalue weighted by molar-refractivity contribution is -0.143. The second-order valence-electron chi connectivity index (χ2n) is 6.69. The quantitative estimate of drug-likeness (QED) is 0.473. The maximum Gasteiger partial charge on any atom is 0.316 e. The number of fused-ring (bicyclic) bond motifs is 1. The van der Waals surface area contributed by atoms with Crippen LogP contribution in [0.1, 0.15) is 50.5 Å². The van der Waals surface area contributed by atoms with E-state index in [1.165, 1.54) is 0 Å². The van der Waals surface area contributed by atoms with E-state index in [-0.39, 0.29) is 5.75 Å². The Morgan fingerprint density at radius 2 is 1.95 bits per heavy atom. The summed E-state index contributed by atoms with van der Waals surface area (Å²) in [6, 6.07) is 3.32. The van der Waals surface area contributed by atoms with Crippen molar-refractivity contribution in [3.8, 4) is 11.5 Å². The molecule has 0 aliphatic carbocycles. The molecule has 0 fully saturated rings. The lowest BCUT2D eigenvalue weighted by Crippen LogP contribution is -2.29. The Hall–Kier alpha value is -2.10. The third kappa shape index (κ3) is 3.15. The molecule has 0 saturated heterocycles. The van der Waals surface area contributed by atoms with Crippen LogP contribution in [0.15, 0.2) is 18.2 Å². The van der Waals surface area contributed by atoms with Crippen molar-refractivity contribution in [2.45, 2.75) is 40.2 Å². The summed E-state index contributed by atoms with van der Waals surface area (Å²) in [6.45, 7) is 9.16. The summed E-state index contributed by atoms with van der Waals surface area (Å²) in [4.78, 5) is 23.3. The SMILES string of the molecule is CC1(C)C=Cc2c(ccc(C=O)c2OC(=O)C(C)(C)C)O1. The molecule has 0 unspecified atom stereocenters. The number of ether oxygens (including phenoxy) is 2. The molecule has 0 spiro atoms. The molecule has 21 heavy (non-hydrogen) atoms. The molecule has 1 aliphatic rings. The molecule has 0 amide bonds. The molecule has 0 saturated carbocycles. The number of carbonyl (C=O) groups is 2. The highest BCUT2D eigenvalue weighted by molar-refractivity contribution is 5.88. The minimum absolute atomic E-state index is 0.258. The van der Waals surface area contributed by atoms with Gasteiger partial charge >= 0.3 is 5.97 Å². The highest BCUT2D eigenvalue weighted by atomic mass is 16.5. The minimum atomic E-state index is -0.651. The van der Waals surface area contributed by atoms with E-state index in [2.05, 4.69) is 0 Å². The van der Waals surface area contributed by atoms with Gasteiger partial charge in [-0.3, -0.25) is 9.59 Å². The zero-order valence-electron chi connectivity index (χ0n) is 13.0. The second-order valence-corrected chi connectivity index (χ2v) is 6.69. The van der Waals surface area contributed by atoms with Crippen molar-refractivity contribution < 1.29 is 19.1 Å². The molecule has 1 aromatic rings. The number of benzene rings is 1. The Kier molecular flexibility index (Phi) is 3.66. The summed E-state index contributed by atoms with van der Waals surface area (Å²) in [7, 11) is 0. The summed E-state index contributed by atoms with van der Waals surface area (Å²) >= 11 is 0. The van der Waals surface area contributed by atoms with Crippen LogP contribution in [0.4, 0.5) is 0 Å². The first-order chi connectivity index (χ1) is 9.64. The van der Waals surface area contributed by atoms with Gasteiger partial charge in [-0.15, -0.1) is 0 Å². The standard InChI is InChI=1S/C17H20O4/c1-16(2,3)15(19)20-14-11(10-18)6-7-13-12(14)8-9-17(4,5)21-13/h6-10H,1-5H3. The van der Waals surface area contributed by atoms with Gasteiger partial charge in [-0.25, -0.2) is 0 Å². The molecular formula is C17H20O4. The highest BCUT2D eigenvalue weighted by Crippen LogP contribution is 2.39. The zero-order chi connectivity index (χ0) is 15.8. The van der Waals surface area contributed by atoms with Gasteiger partial charge in [0.15, 0.2) is 12.0 Å². The van der Waals surface area contributed by atoms with Gasteiger partial charge in [-0.1, -0.05) is 0 Å². The third-order valence-electron chi connectivity index (χ3n) is 3.15. The third-order valence-corrected chi connectivity index (χ3v) is 3.15. The molecule has 0 radical (unpaired) electrons. The van der Waals surface area contributed by atoms with E-state index in [0.29, 0.717) is 23.2 Å². The first-order valence-electron chi connectivity index (χ1n) is 6.87. The van der Waals surface area contributed by atoms with Crippen molar-refractivity contribution in [1.82, 2.24) is 0 Å². The van der Waals surface area contributed by atoms with Crippen LogP contribution in [0.3, 0.4) is 0 Å². The van der Waals surface area contributed by atoms with Gasteiger partial charge in [0.1, 0.15) is 11.4 Å². The number of hydrogen-bond acceptors (Lipinski definition) is 4. The summed E-state index contributed by atoms with van der Waals surface area (Å²) in [6.07, 6.45) is 4.38. The average molecular weight is 288 g/mol. The van der Waals surface area contributed by atoms with Crippen molar-refractivity contribution in [3.05, 3.63) is 29.3 Å². The first-order valence-corrected chi connectivity index (χ1v) is 6.87. The lowest BCUT2D eigenvalue weighted by Gasteiger charge is -2.29. The van der Waals surface area contributed by atoms with Crippen LogP contribution in [0.2, 0.25) is 0 Å². The number of aldehydes is 1. The van der Waals surface area contributed by atoms with Crippen molar-refractivity contribution in [2.75, 3.05) is 0 Å². The summed E-state index contributed by atoms with van der Waals surface area (Å²) in [5.41, 5.74) is -0.126. The van der Waals surface area contributed by atoms with Gasteiger partial charge in [-0.05, 0) is 58.9 Å². The Bertz CT molecular complexity index is 618. The van der Waals surface area contributed by atoms with Crippen LogP contribution < -0.4 is 9.47 Å². The van der Waals surface area contributed by atoms with Crippen molar-refractivity contribution in [1.29, 1.82) is 0 Å². The fourth-order valence-electron chi connectivity index (χ4n) is 1.90. The highest BCUT2D eigenvalue weighted by Gasteiger charge is 2.29. The Labute approximate surface area is 124 Å². The number of carbonyl (C=O) groups excluding carboxylic acids is 2. The maximum atomic E-state index is 12.1. The largest absolute Gasteiger partial charge is 0.483 e. The van der Waals surface area contributed by atoms with E-state index in [0.717, 1.165) is 0 Å². The molecule has 0 aromatic heterocycles. The normalized spacial score (nSPS) is 15.9. The summed E-state index contributed by atoms with van der Waals surface area (Å²) in [5, 5.41) is 0. The molecule has 0 N–H and O–H groups in total.